The SMILES string of the molecule is NC(=NCc1ccc(N2CCC(O)CC2)c(F)c1)N1CCN(c2ccc(F)cc2)CC1. The molecule has 0 saturated carbocycles. The zero-order valence-corrected chi connectivity index (χ0v) is 17.6. The second-order valence-electron chi connectivity index (χ2n) is 8.13. The van der Waals surface area contributed by atoms with Crippen molar-refractivity contribution in [3.63, 3.8) is 0 Å². The van der Waals surface area contributed by atoms with Crippen LogP contribution in [0.3, 0.4) is 0 Å². The molecule has 8 heteroatoms. The second-order valence-corrected chi connectivity index (χ2v) is 8.13. The van der Waals surface area contributed by atoms with Gasteiger partial charge in [-0.05, 0) is 54.8 Å². The third-order valence-corrected chi connectivity index (χ3v) is 6.04. The Hall–Kier alpha value is -2.87. The van der Waals surface area contributed by atoms with Gasteiger partial charge in [-0.1, -0.05) is 6.07 Å². The topological polar surface area (TPSA) is 68.3 Å². The molecule has 0 aliphatic carbocycles. The van der Waals surface area contributed by atoms with Crippen molar-refractivity contribution in [1.29, 1.82) is 0 Å². The minimum absolute atomic E-state index is 0.238. The van der Waals surface area contributed by atoms with E-state index in [0.717, 1.165) is 37.4 Å². The van der Waals surface area contributed by atoms with Crippen LogP contribution in [0, 0.1) is 11.6 Å². The van der Waals surface area contributed by atoms with E-state index in [-0.39, 0.29) is 17.7 Å². The number of aliphatic hydroxyl groups excluding tert-OH is 1. The number of nitrogens with two attached hydrogens (primary N) is 1. The molecule has 0 atom stereocenters. The van der Waals surface area contributed by atoms with Crippen LogP contribution in [0.4, 0.5) is 20.2 Å². The van der Waals surface area contributed by atoms with Crippen molar-refractivity contribution in [1.82, 2.24) is 4.90 Å². The number of piperazine rings is 1. The van der Waals surface area contributed by atoms with Crippen LogP contribution in [-0.4, -0.2) is 61.3 Å². The van der Waals surface area contributed by atoms with Crippen LogP contribution in [-0.2, 0) is 6.54 Å². The lowest BCUT2D eigenvalue weighted by molar-refractivity contribution is 0.145. The van der Waals surface area contributed by atoms with Gasteiger partial charge in [-0.3, -0.25) is 0 Å². The van der Waals surface area contributed by atoms with Crippen LogP contribution in [0.25, 0.3) is 0 Å². The van der Waals surface area contributed by atoms with Gasteiger partial charge >= 0.3 is 0 Å². The first-order chi connectivity index (χ1) is 15.0. The number of aliphatic hydroxyl groups is 1. The number of piperidine rings is 1. The lowest BCUT2D eigenvalue weighted by Gasteiger charge is -2.36. The highest BCUT2D eigenvalue weighted by atomic mass is 19.1. The van der Waals surface area contributed by atoms with Crippen molar-refractivity contribution in [3.8, 4) is 0 Å². The van der Waals surface area contributed by atoms with Crippen LogP contribution in [0.5, 0.6) is 0 Å². The summed E-state index contributed by atoms with van der Waals surface area (Å²) in [6, 6.07) is 11.7. The first kappa shape index (κ1) is 21.4. The summed E-state index contributed by atoms with van der Waals surface area (Å²) < 4.78 is 27.7. The van der Waals surface area contributed by atoms with E-state index in [4.69, 9.17) is 5.73 Å². The van der Waals surface area contributed by atoms with Crippen LogP contribution in [0.1, 0.15) is 18.4 Å². The Morgan fingerprint density at radius 3 is 2.26 bits per heavy atom. The Morgan fingerprint density at radius 1 is 0.935 bits per heavy atom. The lowest BCUT2D eigenvalue weighted by atomic mass is 10.1. The van der Waals surface area contributed by atoms with Gasteiger partial charge in [-0.15, -0.1) is 0 Å². The summed E-state index contributed by atoms with van der Waals surface area (Å²) in [7, 11) is 0. The predicted molar refractivity (Wildman–Crippen MR) is 119 cm³/mol. The molecule has 31 heavy (non-hydrogen) atoms. The Bertz CT molecular complexity index is 905. The standard InChI is InChI=1S/C23H29F2N5O/c24-18-2-4-19(5-3-18)28-11-13-30(14-12-28)23(26)27-16-17-1-6-22(21(25)15-17)29-9-7-20(31)8-10-29/h1-6,15,20,31H,7-14,16H2,(H2,26,27). The summed E-state index contributed by atoms with van der Waals surface area (Å²) >= 11 is 0. The molecule has 0 radical (unpaired) electrons. The number of nitrogens with zero attached hydrogens (tertiary/aromatic N) is 4. The highest BCUT2D eigenvalue weighted by Crippen LogP contribution is 2.24. The second kappa shape index (κ2) is 9.51. The molecule has 0 bridgehead atoms. The number of aliphatic imine (C=N–C) groups is 1. The van der Waals surface area contributed by atoms with E-state index in [2.05, 4.69) is 9.89 Å². The Balaban J connectivity index is 1.31. The summed E-state index contributed by atoms with van der Waals surface area (Å²) in [4.78, 5) is 10.6. The first-order valence-corrected chi connectivity index (χ1v) is 10.8. The maximum Gasteiger partial charge on any atom is 0.191 e. The van der Waals surface area contributed by atoms with Gasteiger partial charge in [0.1, 0.15) is 11.6 Å². The smallest absolute Gasteiger partial charge is 0.191 e. The largest absolute Gasteiger partial charge is 0.393 e. The molecule has 0 unspecified atom stereocenters. The van der Waals surface area contributed by atoms with Gasteiger partial charge in [0, 0.05) is 45.0 Å². The van der Waals surface area contributed by atoms with Gasteiger partial charge in [0.25, 0.3) is 0 Å². The molecule has 166 valence electrons. The predicted octanol–water partition coefficient (Wildman–Crippen LogP) is 2.56. The number of hydrogen-bond donors (Lipinski definition) is 2. The Labute approximate surface area is 181 Å². The summed E-state index contributed by atoms with van der Waals surface area (Å²) in [5.41, 5.74) is 8.52. The monoisotopic (exact) mass is 429 g/mol. The van der Waals surface area contributed by atoms with Crippen LogP contribution in [0.2, 0.25) is 0 Å². The fourth-order valence-corrected chi connectivity index (χ4v) is 4.13. The first-order valence-electron chi connectivity index (χ1n) is 10.8. The minimum Gasteiger partial charge on any atom is -0.393 e. The zero-order chi connectivity index (χ0) is 21.8. The van der Waals surface area contributed by atoms with Crippen molar-refractivity contribution in [2.75, 3.05) is 49.1 Å². The molecule has 4 rings (SSSR count). The molecule has 2 fully saturated rings. The number of anilines is 2. The third-order valence-electron chi connectivity index (χ3n) is 6.04. The van der Waals surface area contributed by atoms with E-state index in [0.29, 0.717) is 44.1 Å². The third kappa shape index (κ3) is 5.25. The average molecular weight is 430 g/mol. The molecule has 2 aromatic carbocycles. The summed E-state index contributed by atoms with van der Waals surface area (Å²) in [6.07, 6.45) is 1.04. The molecule has 6 nitrogen and oxygen atoms in total. The maximum absolute atomic E-state index is 14.6. The van der Waals surface area contributed by atoms with E-state index in [1.165, 1.54) is 18.2 Å². The van der Waals surface area contributed by atoms with Crippen molar-refractivity contribution in [2.45, 2.75) is 25.5 Å². The van der Waals surface area contributed by atoms with E-state index in [1.54, 1.807) is 18.2 Å². The number of halogens is 2. The van der Waals surface area contributed by atoms with Crippen LogP contribution in [0.15, 0.2) is 47.5 Å². The average Bonchev–Trinajstić information content (AvgIpc) is 2.79. The highest BCUT2D eigenvalue weighted by molar-refractivity contribution is 5.78. The van der Waals surface area contributed by atoms with Crippen LogP contribution >= 0.6 is 0 Å². The molecule has 0 aromatic heterocycles. The van der Waals surface area contributed by atoms with Gasteiger partial charge in [0.15, 0.2) is 5.96 Å². The van der Waals surface area contributed by atoms with Gasteiger partial charge in [-0.2, -0.15) is 0 Å². The molecule has 2 aliphatic rings. The molecule has 2 aromatic rings. The highest BCUT2D eigenvalue weighted by Gasteiger charge is 2.20. The lowest BCUT2D eigenvalue weighted by Crippen LogP contribution is -2.51. The van der Waals surface area contributed by atoms with Gasteiger partial charge < -0.3 is 25.5 Å². The quantitative estimate of drug-likeness (QED) is 0.578. The molecule has 0 spiro atoms. The van der Waals surface area contributed by atoms with Gasteiger partial charge in [0.2, 0.25) is 0 Å². The fourth-order valence-electron chi connectivity index (χ4n) is 4.13. The van der Waals surface area contributed by atoms with Crippen molar-refractivity contribution in [2.24, 2.45) is 10.7 Å². The maximum atomic E-state index is 14.6. The van der Waals surface area contributed by atoms with E-state index < -0.39 is 0 Å². The van der Waals surface area contributed by atoms with Crippen molar-refractivity contribution >= 4 is 17.3 Å². The van der Waals surface area contributed by atoms with E-state index in [1.807, 2.05) is 15.9 Å². The molecular formula is C23H29F2N5O. The van der Waals surface area contributed by atoms with Gasteiger partial charge in [0.05, 0.1) is 18.3 Å². The van der Waals surface area contributed by atoms with Crippen molar-refractivity contribution in [3.05, 3.63) is 59.7 Å². The molecule has 2 aliphatic heterocycles. The molecule has 2 heterocycles. The van der Waals surface area contributed by atoms with E-state index in [9.17, 15) is 13.9 Å². The molecule has 3 N–H and O–H groups in total. The zero-order valence-electron chi connectivity index (χ0n) is 17.6. The minimum atomic E-state index is -0.284. The molecule has 0 amide bonds. The molecular weight excluding hydrogens is 400 g/mol. The summed E-state index contributed by atoms with van der Waals surface area (Å²) in [6.45, 7) is 4.63. The summed E-state index contributed by atoms with van der Waals surface area (Å²) in [5, 5.41) is 9.63. The fraction of sp³-hybridized carbons (Fsp3) is 0.435. The van der Waals surface area contributed by atoms with E-state index >= 15 is 0 Å². The van der Waals surface area contributed by atoms with Crippen molar-refractivity contribution < 1.29 is 13.9 Å². The van der Waals surface area contributed by atoms with Gasteiger partial charge in [-0.25, -0.2) is 13.8 Å². The number of rotatable bonds is 4. The number of hydrogen-bond acceptors (Lipinski definition) is 4. The summed E-state index contributed by atoms with van der Waals surface area (Å²) in [5.74, 6) is -0.0539. The van der Waals surface area contributed by atoms with Crippen LogP contribution < -0.4 is 15.5 Å². The normalized spacial score (nSPS) is 18.5. The number of benzene rings is 2. The Morgan fingerprint density at radius 2 is 1.61 bits per heavy atom. The Kier molecular flexibility index (Phi) is 6.56. The number of guanidine groups is 1. The molecule has 2 saturated heterocycles.